The number of para-hydroxylation sites is 1. The van der Waals surface area contributed by atoms with Gasteiger partial charge in [-0.15, -0.1) is 24.8 Å². The van der Waals surface area contributed by atoms with Crippen LogP contribution < -0.4 is 5.73 Å². The average Bonchev–Trinajstić information content (AvgIpc) is 3.11. The van der Waals surface area contributed by atoms with Crippen LogP contribution >= 0.6 is 24.8 Å². The Hall–Kier alpha value is -1.87. The van der Waals surface area contributed by atoms with Crippen LogP contribution in [0.15, 0.2) is 28.8 Å². The molecule has 28 heavy (non-hydrogen) atoms. The molecule has 0 spiro atoms. The number of hydrogen-bond donors (Lipinski definition) is 1. The second kappa shape index (κ2) is 11.2. The molecule has 1 saturated heterocycles. The highest BCUT2D eigenvalue weighted by molar-refractivity contribution is 5.99. The summed E-state index contributed by atoms with van der Waals surface area (Å²) in [5.74, 6) is 1.11. The fourth-order valence-electron chi connectivity index (χ4n) is 2.98. The van der Waals surface area contributed by atoms with Crippen LogP contribution in [0, 0.1) is 0 Å². The summed E-state index contributed by atoms with van der Waals surface area (Å²) in [6.07, 6.45) is -0.178. The summed E-state index contributed by atoms with van der Waals surface area (Å²) in [7, 11) is 0. The van der Waals surface area contributed by atoms with E-state index in [2.05, 4.69) is 15.0 Å². The van der Waals surface area contributed by atoms with E-state index in [9.17, 15) is 4.79 Å². The predicted molar refractivity (Wildman–Crippen MR) is 111 cm³/mol. The minimum Gasteiger partial charge on any atom is -0.398 e. The van der Waals surface area contributed by atoms with Crippen molar-refractivity contribution in [2.75, 3.05) is 38.5 Å². The lowest BCUT2D eigenvalue weighted by molar-refractivity contribution is 0.0616. The predicted octanol–water partition coefficient (Wildman–Crippen LogP) is 2.55. The number of rotatable bonds is 6. The highest BCUT2D eigenvalue weighted by Gasteiger charge is 2.24. The summed E-state index contributed by atoms with van der Waals surface area (Å²) in [4.78, 5) is 21.0. The molecule has 1 unspecified atom stereocenters. The lowest BCUT2D eigenvalue weighted by atomic mass is 10.1. The Labute approximate surface area is 177 Å². The van der Waals surface area contributed by atoms with Crippen molar-refractivity contribution < 1.29 is 14.1 Å². The van der Waals surface area contributed by atoms with Crippen LogP contribution in [0.4, 0.5) is 5.69 Å². The fraction of sp³-hybridized carbons (Fsp3) is 0.500. The quantitative estimate of drug-likeness (QED) is 0.701. The Balaban J connectivity index is 0.00000196. The van der Waals surface area contributed by atoms with Gasteiger partial charge in [0, 0.05) is 38.5 Å². The highest BCUT2D eigenvalue weighted by atomic mass is 35.5. The number of anilines is 1. The number of nitrogens with zero attached hydrogens (tertiary/aromatic N) is 4. The van der Waals surface area contributed by atoms with Crippen LogP contribution in [0.25, 0.3) is 0 Å². The SMILES string of the molecule is CCOC(C)c1noc(CN2CCN(C(=O)c3ccccc3N)CC2)n1.Cl.Cl. The van der Waals surface area contributed by atoms with Gasteiger partial charge in [-0.3, -0.25) is 9.69 Å². The van der Waals surface area contributed by atoms with Crippen LogP contribution in [0.1, 0.15) is 42.0 Å². The maximum atomic E-state index is 12.6. The van der Waals surface area contributed by atoms with Crippen molar-refractivity contribution in [1.82, 2.24) is 19.9 Å². The molecule has 0 saturated carbocycles. The number of ether oxygens (including phenoxy) is 1. The van der Waals surface area contributed by atoms with Gasteiger partial charge in [-0.25, -0.2) is 0 Å². The molecule has 1 aliphatic heterocycles. The van der Waals surface area contributed by atoms with E-state index in [1.807, 2.05) is 30.9 Å². The Morgan fingerprint density at radius 3 is 2.57 bits per heavy atom. The highest BCUT2D eigenvalue weighted by Crippen LogP contribution is 2.17. The number of carbonyl (C=O) groups is 1. The molecule has 0 aliphatic carbocycles. The van der Waals surface area contributed by atoms with Crippen LogP contribution in [-0.4, -0.2) is 58.6 Å². The first-order valence-corrected chi connectivity index (χ1v) is 8.88. The average molecular weight is 432 g/mol. The Bertz CT molecular complexity index is 750. The molecule has 1 aromatic heterocycles. The molecule has 1 amide bonds. The van der Waals surface area contributed by atoms with E-state index < -0.39 is 0 Å². The van der Waals surface area contributed by atoms with Gasteiger partial charge in [-0.2, -0.15) is 4.98 Å². The van der Waals surface area contributed by atoms with Gasteiger partial charge in [-0.1, -0.05) is 17.3 Å². The van der Waals surface area contributed by atoms with E-state index in [0.29, 0.717) is 49.2 Å². The second-order valence-corrected chi connectivity index (χ2v) is 6.30. The smallest absolute Gasteiger partial charge is 0.256 e. The summed E-state index contributed by atoms with van der Waals surface area (Å²) < 4.78 is 10.8. The summed E-state index contributed by atoms with van der Waals surface area (Å²) in [5, 5.41) is 3.98. The van der Waals surface area contributed by atoms with Crippen molar-refractivity contribution in [3.05, 3.63) is 41.5 Å². The topological polar surface area (TPSA) is 97.7 Å². The molecular weight excluding hydrogens is 405 g/mol. The molecule has 2 heterocycles. The molecule has 1 atom stereocenters. The number of benzene rings is 1. The maximum absolute atomic E-state index is 12.6. The van der Waals surface area contributed by atoms with Crippen LogP contribution in [-0.2, 0) is 11.3 Å². The zero-order chi connectivity index (χ0) is 18.5. The lowest BCUT2D eigenvalue weighted by Crippen LogP contribution is -2.48. The Morgan fingerprint density at radius 2 is 1.93 bits per heavy atom. The van der Waals surface area contributed by atoms with E-state index >= 15 is 0 Å². The minimum atomic E-state index is -0.178. The Morgan fingerprint density at radius 1 is 1.25 bits per heavy atom. The van der Waals surface area contributed by atoms with Crippen molar-refractivity contribution in [2.24, 2.45) is 0 Å². The largest absolute Gasteiger partial charge is 0.398 e. The molecule has 1 aromatic carbocycles. The lowest BCUT2D eigenvalue weighted by Gasteiger charge is -2.34. The van der Waals surface area contributed by atoms with E-state index in [1.54, 1.807) is 12.1 Å². The van der Waals surface area contributed by atoms with Crippen molar-refractivity contribution in [3.63, 3.8) is 0 Å². The molecule has 2 N–H and O–H groups in total. The minimum absolute atomic E-state index is 0. The number of amides is 1. The van der Waals surface area contributed by atoms with Crippen LogP contribution in [0.3, 0.4) is 0 Å². The zero-order valence-corrected chi connectivity index (χ0v) is 17.7. The van der Waals surface area contributed by atoms with Gasteiger partial charge in [0.15, 0.2) is 5.82 Å². The Kier molecular flexibility index (Phi) is 9.68. The first-order valence-electron chi connectivity index (χ1n) is 8.88. The third kappa shape index (κ3) is 5.81. The van der Waals surface area contributed by atoms with Crippen molar-refractivity contribution in [2.45, 2.75) is 26.5 Å². The molecule has 3 rings (SSSR count). The third-order valence-electron chi connectivity index (χ3n) is 4.47. The number of piperazine rings is 1. The number of halogens is 2. The molecule has 156 valence electrons. The van der Waals surface area contributed by atoms with Gasteiger partial charge in [0.05, 0.1) is 12.1 Å². The number of nitrogens with two attached hydrogens (primary N) is 1. The van der Waals surface area contributed by atoms with Crippen molar-refractivity contribution >= 4 is 36.4 Å². The summed E-state index contributed by atoms with van der Waals surface area (Å²) in [6.45, 7) is 7.79. The molecule has 8 nitrogen and oxygen atoms in total. The molecule has 0 bridgehead atoms. The monoisotopic (exact) mass is 431 g/mol. The molecule has 2 aromatic rings. The molecule has 10 heteroatoms. The van der Waals surface area contributed by atoms with Crippen molar-refractivity contribution in [1.29, 1.82) is 0 Å². The van der Waals surface area contributed by atoms with Gasteiger partial charge in [0.1, 0.15) is 6.10 Å². The summed E-state index contributed by atoms with van der Waals surface area (Å²) in [5.41, 5.74) is 6.99. The summed E-state index contributed by atoms with van der Waals surface area (Å²) in [6, 6.07) is 7.18. The fourth-order valence-corrected chi connectivity index (χ4v) is 2.98. The van der Waals surface area contributed by atoms with Gasteiger partial charge in [0.2, 0.25) is 5.89 Å². The number of nitrogen functional groups attached to an aromatic ring is 1. The molecule has 1 aliphatic rings. The zero-order valence-electron chi connectivity index (χ0n) is 16.0. The normalized spacial score (nSPS) is 15.4. The first kappa shape index (κ1) is 24.2. The number of aromatic nitrogens is 2. The van der Waals surface area contributed by atoms with E-state index in [-0.39, 0.29) is 36.8 Å². The van der Waals surface area contributed by atoms with Gasteiger partial charge in [-0.05, 0) is 26.0 Å². The van der Waals surface area contributed by atoms with Crippen LogP contribution in [0.5, 0.6) is 0 Å². The molecular formula is C18H27Cl2N5O3. The van der Waals surface area contributed by atoms with Gasteiger partial charge >= 0.3 is 0 Å². The number of carbonyl (C=O) groups excluding carboxylic acids is 1. The maximum Gasteiger partial charge on any atom is 0.256 e. The van der Waals surface area contributed by atoms with E-state index in [4.69, 9.17) is 15.0 Å². The second-order valence-electron chi connectivity index (χ2n) is 6.30. The summed E-state index contributed by atoms with van der Waals surface area (Å²) >= 11 is 0. The molecule has 1 fully saturated rings. The van der Waals surface area contributed by atoms with Crippen molar-refractivity contribution in [3.8, 4) is 0 Å². The molecule has 0 radical (unpaired) electrons. The first-order chi connectivity index (χ1) is 12.6. The number of hydrogen-bond acceptors (Lipinski definition) is 7. The van der Waals surface area contributed by atoms with Gasteiger partial charge in [0.25, 0.3) is 5.91 Å². The van der Waals surface area contributed by atoms with E-state index in [0.717, 1.165) is 13.1 Å². The van der Waals surface area contributed by atoms with Crippen LogP contribution in [0.2, 0.25) is 0 Å². The van der Waals surface area contributed by atoms with Gasteiger partial charge < -0.3 is 19.9 Å². The third-order valence-corrected chi connectivity index (χ3v) is 4.47. The van der Waals surface area contributed by atoms with E-state index in [1.165, 1.54) is 0 Å². The standard InChI is InChI=1S/C18H25N5O3.2ClH/c1-3-25-13(2)17-20-16(26-21-17)12-22-8-10-23(11-9-22)18(24)14-6-4-5-7-15(14)19;;/h4-7,13H,3,8-12,19H2,1-2H3;2*1H.